The first kappa shape index (κ1) is 37.9. The lowest BCUT2D eigenvalue weighted by atomic mass is 9.99. The van der Waals surface area contributed by atoms with Gasteiger partial charge in [-0.05, 0) is 128 Å². The Balaban J connectivity index is 0.874. The number of ether oxygens (including phenoxy) is 2. The smallest absolute Gasteiger partial charge is 0.147 e. The summed E-state index contributed by atoms with van der Waals surface area (Å²) in [7, 11) is 0. The number of unbranched alkanes of at least 4 members (excludes halogenated alkanes) is 1. The summed E-state index contributed by atoms with van der Waals surface area (Å²) in [6.45, 7) is 4.74. The van der Waals surface area contributed by atoms with Crippen LogP contribution in [0.4, 0.5) is 8.78 Å². The van der Waals surface area contributed by atoms with Gasteiger partial charge in [0, 0.05) is 43.9 Å². The Hall–Kier alpha value is -7.38. The van der Waals surface area contributed by atoms with E-state index in [2.05, 4.69) is 94.9 Å². The first-order valence-electron chi connectivity index (χ1n) is 20.6. The van der Waals surface area contributed by atoms with Gasteiger partial charge in [0.1, 0.15) is 28.9 Å². The van der Waals surface area contributed by atoms with Crippen molar-refractivity contribution in [2.45, 2.75) is 26.7 Å². The first-order chi connectivity index (χ1) is 29.8. The summed E-state index contributed by atoms with van der Waals surface area (Å²) < 4.78 is 46.8. The zero-order chi connectivity index (χ0) is 41.6. The number of hydrogen-bond acceptors (Lipinski definition) is 3. The number of aromatic hydroxyl groups is 1. The number of hydrogen-bond donors (Lipinski definition) is 1. The van der Waals surface area contributed by atoms with E-state index < -0.39 is 5.82 Å². The standard InChI is InChI=1S/C54H42F2N2O3/c1-34-27-36(31-39(28-34)57-47-17-7-3-13-40(47)41-14-4-8-18-48(41)57)44-32-37(55)21-23-52(44)60-25-11-12-26-61-53-24-22-38(56)33-45(53)46-29-35(2)30-51(54(46)59)58-49-19-9-5-15-42(49)43-16-6-10-20-50(43)58/h3-10,13-24,27-33,59H,11-12,25-26H2,1-2H3. The van der Waals surface area contributed by atoms with Crippen LogP contribution < -0.4 is 9.47 Å². The molecule has 10 aromatic rings. The van der Waals surface area contributed by atoms with E-state index in [1.807, 2.05) is 55.5 Å². The Bertz CT molecular complexity index is 3180. The molecule has 300 valence electrons. The fourth-order valence-electron chi connectivity index (χ4n) is 8.83. The molecule has 0 aliphatic rings. The van der Waals surface area contributed by atoms with E-state index in [4.69, 9.17) is 9.47 Å². The lowest BCUT2D eigenvalue weighted by Crippen LogP contribution is -2.04. The molecule has 0 radical (unpaired) electrons. The van der Waals surface area contributed by atoms with Crippen LogP contribution in [0.25, 0.3) is 77.2 Å². The van der Waals surface area contributed by atoms with Crippen LogP contribution in [0.1, 0.15) is 24.0 Å². The second kappa shape index (κ2) is 15.7. The minimum Gasteiger partial charge on any atom is -0.505 e. The molecule has 0 fully saturated rings. The number of nitrogens with zero attached hydrogens (tertiary/aromatic N) is 2. The molecule has 2 heterocycles. The summed E-state index contributed by atoms with van der Waals surface area (Å²) >= 11 is 0. The molecule has 0 aliphatic heterocycles. The topological polar surface area (TPSA) is 48.6 Å². The normalized spacial score (nSPS) is 11.6. The summed E-state index contributed by atoms with van der Waals surface area (Å²) in [6.07, 6.45) is 1.30. The average molecular weight is 805 g/mol. The van der Waals surface area contributed by atoms with E-state index in [1.165, 1.54) is 35.0 Å². The highest BCUT2D eigenvalue weighted by Crippen LogP contribution is 2.44. The van der Waals surface area contributed by atoms with Crippen LogP contribution in [-0.4, -0.2) is 27.5 Å². The van der Waals surface area contributed by atoms with Gasteiger partial charge in [0.25, 0.3) is 0 Å². The highest BCUT2D eigenvalue weighted by atomic mass is 19.1. The van der Waals surface area contributed by atoms with Crippen LogP contribution in [0, 0.1) is 25.5 Å². The predicted molar refractivity (Wildman–Crippen MR) is 244 cm³/mol. The summed E-state index contributed by atoms with van der Waals surface area (Å²) in [5, 5.41) is 16.5. The molecule has 10 rings (SSSR count). The number of para-hydroxylation sites is 4. The van der Waals surface area contributed by atoms with Crippen LogP contribution in [0.2, 0.25) is 0 Å². The zero-order valence-corrected chi connectivity index (χ0v) is 33.8. The van der Waals surface area contributed by atoms with Crippen molar-refractivity contribution in [2.24, 2.45) is 0 Å². The van der Waals surface area contributed by atoms with Crippen molar-refractivity contribution in [3.63, 3.8) is 0 Å². The zero-order valence-electron chi connectivity index (χ0n) is 33.8. The van der Waals surface area contributed by atoms with Gasteiger partial charge in [0.15, 0.2) is 0 Å². The number of aromatic nitrogens is 2. The Kier molecular flexibility index (Phi) is 9.72. The highest BCUT2D eigenvalue weighted by molar-refractivity contribution is 6.10. The molecular weight excluding hydrogens is 763 g/mol. The van der Waals surface area contributed by atoms with Crippen LogP contribution in [0.3, 0.4) is 0 Å². The monoisotopic (exact) mass is 804 g/mol. The van der Waals surface area contributed by atoms with Crippen molar-refractivity contribution < 1.29 is 23.4 Å². The molecule has 0 unspecified atom stereocenters. The molecule has 7 heteroatoms. The SMILES string of the molecule is Cc1cc(-c2cc(F)ccc2OCCCCOc2ccc(F)cc2-c2cc(C)cc(-n3c4ccccc4c4ccccc43)c2O)cc(-n2c3ccccc3c3ccccc32)c1. The van der Waals surface area contributed by atoms with E-state index in [0.29, 0.717) is 59.9 Å². The predicted octanol–water partition coefficient (Wildman–Crippen LogP) is 14.1. The van der Waals surface area contributed by atoms with Gasteiger partial charge in [-0.3, -0.25) is 0 Å². The fourth-order valence-corrected chi connectivity index (χ4v) is 8.83. The number of halogens is 2. The van der Waals surface area contributed by atoms with Gasteiger partial charge in [-0.1, -0.05) is 78.9 Å². The Morgan fingerprint density at radius 3 is 1.46 bits per heavy atom. The van der Waals surface area contributed by atoms with Crippen molar-refractivity contribution in [3.05, 3.63) is 187 Å². The molecule has 0 aliphatic carbocycles. The van der Waals surface area contributed by atoms with Gasteiger partial charge in [-0.15, -0.1) is 0 Å². The molecule has 5 nitrogen and oxygen atoms in total. The van der Waals surface area contributed by atoms with Gasteiger partial charge in [-0.25, -0.2) is 8.78 Å². The fraction of sp³-hybridized carbons (Fsp3) is 0.111. The van der Waals surface area contributed by atoms with Crippen LogP contribution in [0.15, 0.2) is 164 Å². The molecule has 0 bridgehead atoms. The highest BCUT2D eigenvalue weighted by Gasteiger charge is 2.21. The number of benzene rings is 8. The molecule has 2 aromatic heterocycles. The first-order valence-corrected chi connectivity index (χ1v) is 20.6. The lowest BCUT2D eigenvalue weighted by Gasteiger charge is -2.18. The van der Waals surface area contributed by atoms with Gasteiger partial charge < -0.3 is 23.7 Å². The number of phenolic OH excluding ortho intramolecular Hbond substituents is 1. The molecule has 0 saturated carbocycles. The Morgan fingerprint density at radius 2 is 0.918 bits per heavy atom. The third kappa shape index (κ3) is 6.92. The summed E-state index contributed by atoms with van der Waals surface area (Å²) in [5.74, 6) is 0.326. The van der Waals surface area contributed by atoms with Gasteiger partial charge in [0.2, 0.25) is 0 Å². The molecule has 0 atom stereocenters. The van der Waals surface area contributed by atoms with E-state index in [1.54, 1.807) is 12.1 Å². The number of fused-ring (bicyclic) bond motifs is 6. The molecule has 0 amide bonds. The average Bonchev–Trinajstić information content (AvgIpc) is 3.79. The summed E-state index contributed by atoms with van der Waals surface area (Å²) in [6, 6.07) is 52.2. The molecule has 0 spiro atoms. The summed E-state index contributed by atoms with van der Waals surface area (Å²) in [5.41, 5.74) is 10.2. The van der Waals surface area contributed by atoms with E-state index in [-0.39, 0.29) is 11.6 Å². The van der Waals surface area contributed by atoms with Gasteiger partial charge in [-0.2, -0.15) is 0 Å². The van der Waals surface area contributed by atoms with Crippen LogP contribution in [-0.2, 0) is 0 Å². The van der Waals surface area contributed by atoms with Crippen LogP contribution in [0.5, 0.6) is 17.2 Å². The maximum atomic E-state index is 14.9. The largest absolute Gasteiger partial charge is 0.505 e. The second-order valence-electron chi connectivity index (χ2n) is 15.7. The van der Waals surface area contributed by atoms with Crippen LogP contribution >= 0.6 is 0 Å². The van der Waals surface area contributed by atoms with Crippen molar-refractivity contribution in [3.8, 4) is 50.9 Å². The van der Waals surface area contributed by atoms with E-state index in [9.17, 15) is 13.9 Å². The van der Waals surface area contributed by atoms with Gasteiger partial charge in [0.05, 0.1) is 41.0 Å². The summed E-state index contributed by atoms with van der Waals surface area (Å²) in [4.78, 5) is 0. The quantitative estimate of drug-likeness (QED) is 0.133. The van der Waals surface area contributed by atoms with Crippen molar-refractivity contribution in [1.29, 1.82) is 0 Å². The molecule has 8 aromatic carbocycles. The second-order valence-corrected chi connectivity index (χ2v) is 15.7. The number of rotatable bonds is 11. The van der Waals surface area contributed by atoms with E-state index in [0.717, 1.165) is 55.2 Å². The Labute approximate surface area is 352 Å². The number of phenols is 1. The van der Waals surface area contributed by atoms with Crippen molar-refractivity contribution in [2.75, 3.05) is 13.2 Å². The van der Waals surface area contributed by atoms with Gasteiger partial charge >= 0.3 is 0 Å². The van der Waals surface area contributed by atoms with E-state index >= 15 is 0 Å². The molecule has 61 heavy (non-hydrogen) atoms. The van der Waals surface area contributed by atoms with Crippen molar-refractivity contribution >= 4 is 43.6 Å². The lowest BCUT2D eigenvalue weighted by molar-refractivity contribution is 0.267. The maximum absolute atomic E-state index is 14.9. The Morgan fingerprint density at radius 1 is 0.459 bits per heavy atom. The molecule has 0 saturated heterocycles. The third-order valence-electron chi connectivity index (χ3n) is 11.5. The minimum atomic E-state index is -0.430. The number of aryl methyl sites for hydroxylation is 2. The molecule has 1 N–H and O–H groups in total. The molecular formula is C54H42F2N2O3. The van der Waals surface area contributed by atoms with Crippen molar-refractivity contribution in [1.82, 2.24) is 9.13 Å². The minimum absolute atomic E-state index is 0.0341. The third-order valence-corrected chi connectivity index (χ3v) is 11.5. The maximum Gasteiger partial charge on any atom is 0.147 e.